The second-order valence-electron chi connectivity index (χ2n) is 7.66. The molecule has 1 N–H and O–H groups in total. The molecule has 7 heteroatoms. The first kappa shape index (κ1) is 19.5. The number of benzene rings is 1. The number of rotatable bonds is 7. The molecule has 0 radical (unpaired) electrons. The maximum absolute atomic E-state index is 11.6. The van der Waals surface area contributed by atoms with Crippen molar-refractivity contribution < 1.29 is 4.79 Å². The van der Waals surface area contributed by atoms with Gasteiger partial charge in [0.25, 0.3) is 0 Å². The second kappa shape index (κ2) is 8.17. The predicted molar refractivity (Wildman–Crippen MR) is 109 cm³/mol. The van der Waals surface area contributed by atoms with Crippen LogP contribution in [-0.2, 0) is 29.6 Å². The third kappa shape index (κ3) is 4.91. The minimum atomic E-state index is -0.156. The van der Waals surface area contributed by atoms with Crippen LogP contribution in [0.3, 0.4) is 0 Å². The number of hydrogen-bond donors (Lipinski definition) is 1. The first-order valence-electron chi connectivity index (χ1n) is 9.37. The lowest BCUT2D eigenvalue weighted by atomic mass is 10.1. The topological polar surface area (TPSA) is 72.7 Å². The zero-order valence-corrected chi connectivity index (χ0v) is 17.3. The first-order valence-corrected chi connectivity index (χ1v) is 10.2. The number of aryl methyl sites for hydroxylation is 2. The number of hydrogen-bond acceptors (Lipinski definition) is 5. The van der Waals surface area contributed by atoms with Crippen LogP contribution < -0.4 is 5.32 Å². The largest absolute Gasteiger partial charge is 0.359 e. The molecule has 0 unspecified atom stereocenters. The van der Waals surface area contributed by atoms with Gasteiger partial charge >= 0.3 is 0 Å². The van der Waals surface area contributed by atoms with Gasteiger partial charge in [0.1, 0.15) is 5.82 Å². The van der Waals surface area contributed by atoms with Gasteiger partial charge in [0.15, 0.2) is 5.82 Å². The molecular formula is C20H27N5OS. The number of aromatic nitrogens is 4. The summed E-state index contributed by atoms with van der Waals surface area (Å²) in [5.41, 5.74) is 0.930. The molecule has 2 heterocycles. The Balaban J connectivity index is 1.61. The summed E-state index contributed by atoms with van der Waals surface area (Å²) in [6.07, 6.45) is 4.13. The number of fused-ring (bicyclic) bond motifs is 1. The van der Waals surface area contributed by atoms with E-state index in [1.165, 1.54) is 9.71 Å². The average Bonchev–Trinajstić information content (AvgIpc) is 3.21. The van der Waals surface area contributed by atoms with Crippen LogP contribution >= 0.6 is 11.3 Å². The number of thiazole rings is 1. The third-order valence-electron chi connectivity index (χ3n) is 4.33. The van der Waals surface area contributed by atoms with E-state index in [4.69, 9.17) is 4.98 Å². The van der Waals surface area contributed by atoms with Crippen LogP contribution in [-0.4, -0.2) is 32.7 Å². The summed E-state index contributed by atoms with van der Waals surface area (Å²) >= 11 is 1.78. The number of likely N-dealkylation sites (N-methyl/N-ethyl adjacent to an activating group) is 1. The summed E-state index contributed by atoms with van der Waals surface area (Å²) in [6, 6.07) is 8.27. The van der Waals surface area contributed by atoms with E-state index in [-0.39, 0.29) is 17.9 Å². The van der Waals surface area contributed by atoms with Crippen molar-refractivity contribution >= 4 is 27.5 Å². The molecule has 0 saturated carbocycles. The highest BCUT2D eigenvalue weighted by Gasteiger charge is 2.21. The number of carbonyl (C=O) groups excluding carboxylic acids is 1. The van der Waals surface area contributed by atoms with Crippen LogP contribution in [0.2, 0.25) is 0 Å². The molecule has 0 aliphatic heterocycles. The van der Waals surface area contributed by atoms with Gasteiger partial charge in [-0.3, -0.25) is 4.79 Å². The molecule has 0 aliphatic rings. The fourth-order valence-electron chi connectivity index (χ4n) is 2.98. The Kier molecular flexibility index (Phi) is 5.89. The van der Waals surface area contributed by atoms with Gasteiger partial charge in [0.05, 0.1) is 27.2 Å². The van der Waals surface area contributed by atoms with Crippen LogP contribution in [0.5, 0.6) is 0 Å². The summed E-state index contributed by atoms with van der Waals surface area (Å²) in [7, 11) is 1.63. The predicted octanol–water partition coefficient (Wildman–Crippen LogP) is 3.50. The highest BCUT2D eigenvalue weighted by atomic mass is 32.1. The number of para-hydroxylation sites is 1. The molecule has 2 aromatic heterocycles. The fourth-order valence-corrected chi connectivity index (χ4v) is 3.99. The van der Waals surface area contributed by atoms with Gasteiger partial charge < -0.3 is 5.32 Å². The number of amides is 1. The molecular weight excluding hydrogens is 358 g/mol. The van der Waals surface area contributed by atoms with Gasteiger partial charge in [-0.1, -0.05) is 12.1 Å². The molecule has 144 valence electrons. The third-order valence-corrected chi connectivity index (χ3v) is 5.43. The molecule has 0 spiro atoms. The lowest BCUT2D eigenvalue weighted by Gasteiger charge is -2.21. The van der Waals surface area contributed by atoms with Crippen molar-refractivity contribution in [2.45, 2.75) is 58.4 Å². The molecule has 0 bridgehead atoms. The fraction of sp³-hybridized carbons (Fsp3) is 0.500. The quantitative estimate of drug-likeness (QED) is 0.632. The van der Waals surface area contributed by atoms with Gasteiger partial charge in [-0.25, -0.2) is 14.6 Å². The van der Waals surface area contributed by atoms with Crippen LogP contribution in [0.25, 0.3) is 10.2 Å². The number of unbranched alkanes of at least 4 members (excludes halogenated alkanes) is 1. The van der Waals surface area contributed by atoms with Crippen LogP contribution in [0.4, 0.5) is 0 Å². The number of nitrogens with one attached hydrogen (secondary N) is 1. The molecule has 0 saturated heterocycles. The summed E-state index contributed by atoms with van der Waals surface area (Å²) in [4.78, 5) is 21.0. The lowest BCUT2D eigenvalue weighted by Crippen LogP contribution is -2.26. The summed E-state index contributed by atoms with van der Waals surface area (Å²) in [6.45, 7) is 6.32. The highest BCUT2D eigenvalue weighted by molar-refractivity contribution is 7.18. The van der Waals surface area contributed by atoms with E-state index in [2.05, 4.69) is 54.4 Å². The molecule has 1 aromatic carbocycles. The van der Waals surface area contributed by atoms with Crippen LogP contribution in [0.1, 0.15) is 50.3 Å². The summed E-state index contributed by atoms with van der Waals surface area (Å²) in [5.74, 6) is 1.47. The minimum Gasteiger partial charge on any atom is -0.359 e. The van der Waals surface area contributed by atoms with E-state index in [1.54, 1.807) is 18.4 Å². The minimum absolute atomic E-state index is 0.0663. The Hall–Kier alpha value is -2.28. The normalized spacial score (nSPS) is 11.9. The van der Waals surface area contributed by atoms with Crippen molar-refractivity contribution in [2.24, 2.45) is 0 Å². The molecule has 0 fully saturated rings. The smallest absolute Gasteiger partial charge is 0.227 e. The summed E-state index contributed by atoms with van der Waals surface area (Å²) in [5, 5.41) is 8.39. The van der Waals surface area contributed by atoms with Gasteiger partial charge in [-0.2, -0.15) is 5.10 Å². The number of nitrogens with zero attached hydrogens (tertiary/aromatic N) is 4. The Bertz CT molecular complexity index is 889. The van der Waals surface area contributed by atoms with Crippen molar-refractivity contribution in [3.63, 3.8) is 0 Å². The number of carbonyl (C=O) groups is 1. The van der Waals surface area contributed by atoms with E-state index < -0.39 is 0 Å². The monoisotopic (exact) mass is 385 g/mol. The lowest BCUT2D eigenvalue weighted by molar-refractivity contribution is -0.120. The van der Waals surface area contributed by atoms with Crippen molar-refractivity contribution in [3.05, 3.63) is 40.9 Å². The van der Waals surface area contributed by atoms with Crippen LogP contribution in [0.15, 0.2) is 24.3 Å². The molecule has 1 amide bonds. The van der Waals surface area contributed by atoms with Crippen molar-refractivity contribution in [1.82, 2.24) is 25.1 Å². The van der Waals surface area contributed by atoms with E-state index in [0.717, 1.165) is 37.0 Å². The SMILES string of the molecule is CNC(=O)Cc1nc(CCCCc2nc3ccccc3s2)n(C(C)(C)C)n1. The molecule has 3 rings (SSSR count). The van der Waals surface area contributed by atoms with Gasteiger partial charge in [-0.05, 0) is 52.2 Å². The second-order valence-corrected chi connectivity index (χ2v) is 8.77. The Morgan fingerprint density at radius 1 is 1.15 bits per heavy atom. The summed E-state index contributed by atoms with van der Waals surface area (Å²) < 4.78 is 3.21. The molecule has 0 atom stereocenters. The Labute approximate surface area is 164 Å². The highest BCUT2D eigenvalue weighted by Crippen LogP contribution is 2.23. The Morgan fingerprint density at radius 2 is 1.89 bits per heavy atom. The van der Waals surface area contributed by atoms with Gasteiger partial charge in [0.2, 0.25) is 5.91 Å². The van der Waals surface area contributed by atoms with Crippen molar-refractivity contribution in [1.29, 1.82) is 0 Å². The molecule has 0 aliphatic carbocycles. The Morgan fingerprint density at radius 3 is 2.59 bits per heavy atom. The molecule has 27 heavy (non-hydrogen) atoms. The molecule has 6 nitrogen and oxygen atoms in total. The van der Waals surface area contributed by atoms with Gasteiger partial charge in [-0.15, -0.1) is 11.3 Å². The zero-order chi connectivity index (χ0) is 19.4. The molecule has 3 aromatic rings. The van der Waals surface area contributed by atoms with E-state index in [1.807, 2.05) is 10.7 Å². The van der Waals surface area contributed by atoms with E-state index in [9.17, 15) is 4.79 Å². The van der Waals surface area contributed by atoms with E-state index in [0.29, 0.717) is 5.82 Å². The van der Waals surface area contributed by atoms with Crippen LogP contribution in [0, 0.1) is 0 Å². The van der Waals surface area contributed by atoms with Gasteiger partial charge in [0, 0.05) is 13.5 Å². The standard InChI is InChI=1S/C20H27N5OS/c1-20(2,3)25-17(23-16(24-25)13-18(26)21-4)11-7-8-12-19-22-14-9-5-6-10-15(14)27-19/h5-6,9-10H,7-8,11-13H2,1-4H3,(H,21,26). The average molecular weight is 386 g/mol. The van der Waals surface area contributed by atoms with E-state index >= 15 is 0 Å². The van der Waals surface area contributed by atoms with Crippen molar-refractivity contribution in [3.8, 4) is 0 Å². The maximum Gasteiger partial charge on any atom is 0.227 e. The maximum atomic E-state index is 11.6. The zero-order valence-electron chi connectivity index (χ0n) is 16.5. The van der Waals surface area contributed by atoms with Crippen molar-refractivity contribution in [2.75, 3.05) is 7.05 Å². The first-order chi connectivity index (χ1) is 12.9.